The third-order valence-corrected chi connectivity index (χ3v) is 2.87. The number of rotatable bonds is 8. The minimum absolute atomic E-state index is 0.00759. The zero-order valence-electron chi connectivity index (χ0n) is 12.0. The number of carbonyl (C=O) groups is 1. The zero-order chi connectivity index (χ0) is 16.0. The number of nitrogens with zero attached hydrogens (tertiary/aromatic N) is 3. The Morgan fingerprint density at radius 3 is 2.57 bits per heavy atom. The van der Waals surface area contributed by atoms with Gasteiger partial charge in [0.1, 0.15) is 0 Å². The fraction of sp³-hybridized carbons (Fsp3) is 0.462. The summed E-state index contributed by atoms with van der Waals surface area (Å²) in [7, 11) is 3.68. The van der Waals surface area contributed by atoms with Crippen molar-refractivity contribution in [2.24, 2.45) is 0 Å². The minimum Gasteiger partial charge on any atom is -0.480 e. The average molecular weight is 299 g/mol. The van der Waals surface area contributed by atoms with Gasteiger partial charge in [0, 0.05) is 31.3 Å². The number of halogens is 1. The molecule has 0 saturated carbocycles. The summed E-state index contributed by atoms with van der Waals surface area (Å²) in [4.78, 5) is 24.2. The molecule has 0 aliphatic rings. The molecular weight excluding hydrogens is 281 g/mol. The molecule has 1 aromatic rings. The molecule has 0 aliphatic heterocycles. The summed E-state index contributed by atoms with van der Waals surface area (Å²) in [5.41, 5.74) is -0.486. The summed E-state index contributed by atoms with van der Waals surface area (Å²) in [6.07, 6.45) is 0. The van der Waals surface area contributed by atoms with E-state index in [4.69, 9.17) is 5.11 Å². The van der Waals surface area contributed by atoms with Gasteiger partial charge in [0.15, 0.2) is 0 Å². The first-order chi connectivity index (χ1) is 9.81. The number of nitro benzene ring substituents is 1. The summed E-state index contributed by atoms with van der Waals surface area (Å²) in [5.74, 6) is -1.94. The molecule has 1 rings (SSSR count). The number of carboxylic acid groups (broad SMARTS) is 1. The van der Waals surface area contributed by atoms with Crippen LogP contribution >= 0.6 is 0 Å². The number of hydrogen-bond acceptors (Lipinski definition) is 5. The molecule has 0 bridgehead atoms. The van der Waals surface area contributed by atoms with Crippen LogP contribution < -0.4 is 0 Å². The van der Waals surface area contributed by atoms with Gasteiger partial charge in [-0.3, -0.25) is 19.8 Å². The van der Waals surface area contributed by atoms with Gasteiger partial charge < -0.3 is 10.0 Å². The van der Waals surface area contributed by atoms with Crippen LogP contribution in [0.4, 0.5) is 10.1 Å². The van der Waals surface area contributed by atoms with E-state index in [0.717, 1.165) is 6.07 Å². The molecule has 1 N–H and O–H groups in total. The van der Waals surface area contributed by atoms with E-state index in [-0.39, 0.29) is 18.7 Å². The van der Waals surface area contributed by atoms with Crippen LogP contribution in [0.3, 0.4) is 0 Å². The maximum absolute atomic E-state index is 14.0. The third-order valence-electron chi connectivity index (χ3n) is 2.87. The summed E-state index contributed by atoms with van der Waals surface area (Å²) in [5, 5.41) is 19.6. The largest absolute Gasteiger partial charge is 0.480 e. The summed E-state index contributed by atoms with van der Waals surface area (Å²) in [6, 6.07) is 3.90. The normalized spacial score (nSPS) is 11.1. The Kier molecular flexibility index (Phi) is 6.19. The van der Waals surface area contributed by atoms with E-state index in [2.05, 4.69) is 0 Å². The molecule has 8 heteroatoms. The highest BCUT2D eigenvalue weighted by Crippen LogP contribution is 2.21. The second-order valence-corrected chi connectivity index (χ2v) is 4.92. The predicted octanol–water partition coefficient (Wildman–Crippen LogP) is 1.18. The number of likely N-dealkylation sites (N-methyl/N-ethyl adjacent to an activating group) is 1. The lowest BCUT2D eigenvalue weighted by molar-refractivity contribution is -0.387. The average Bonchev–Trinajstić information content (AvgIpc) is 2.37. The molecular formula is C13H18FN3O4. The topological polar surface area (TPSA) is 86.9 Å². The maximum atomic E-state index is 14.0. The van der Waals surface area contributed by atoms with Crippen molar-refractivity contribution in [1.29, 1.82) is 0 Å². The van der Waals surface area contributed by atoms with Crippen LogP contribution in [-0.4, -0.2) is 59.5 Å². The first-order valence-electron chi connectivity index (χ1n) is 6.32. The molecule has 0 spiro atoms. The molecule has 0 aliphatic carbocycles. The van der Waals surface area contributed by atoms with Gasteiger partial charge in [0.05, 0.1) is 11.5 Å². The number of aliphatic carboxylic acids is 1. The lowest BCUT2D eigenvalue weighted by Crippen LogP contribution is -2.35. The highest BCUT2D eigenvalue weighted by atomic mass is 19.1. The Morgan fingerprint density at radius 2 is 2.05 bits per heavy atom. The highest BCUT2D eigenvalue weighted by Gasteiger charge is 2.19. The van der Waals surface area contributed by atoms with Crippen molar-refractivity contribution in [3.8, 4) is 0 Å². The van der Waals surface area contributed by atoms with E-state index in [1.165, 1.54) is 17.0 Å². The molecule has 0 unspecified atom stereocenters. The Labute approximate surface area is 121 Å². The lowest BCUT2D eigenvalue weighted by Gasteiger charge is -2.22. The fourth-order valence-electron chi connectivity index (χ4n) is 1.82. The van der Waals surface area contributed by atoms with E-state index in [1.54, 1.807) is 0 Å². The van der Waals surface area contributed by atoms with Crippen molar-refractivity contribution < 1.29 is 19.2 Å². The molecule has 21 heavy (non-hydrogen) atoms. The molecule has 0 fully saturated rings. The lowest BCUT2D eigenvalue weighted by atomic mass is 10.1. The van der Waals surface area contributed by atoms with Gasteiger partial charge in [0.25, 0.3) is 0 Å². The Hall–Kier alpha value is -2.06. The number of carboxylic acids is 1. The van der Waals surface area contributed by atoms with Gasteiger partial charge in [-0.05, 0) is 14.1 Å². The van der Waals surface area contributed by atoms with Crippen molar-refractivity contribution in [3.63, 3.8) is 0 Å². The molecule has 0 radical (unpaired) electrons. The zero-order valence-corrected chi connectivity index (χ0v) is 12.0. The van der Waals surface area contributed by atoms with Crippen molar-refractivity contribution >= 4 is 11.7 Å². The van der Waals surface area contributed by atoms with Crippen molar-refractivity contribution in [2.75, 3.05) is 33.7 Å². The summed E-state index contributed by atoms with van der Waals surface area (Å²) in [6.45, 7) is 0.773. The number of benzene rings is 1. The minimum atomic E-state index is -1.03. The van der Waals surface area contributed by atoms with Crippen LogP contribution in [0.2, 0.25) is 0 Å². The first kappa shape index (κ1) is 17.0. The molecule has 0 heterocycles. The Balaban J connectivity index is 2.89. The molecule has 116 valence electrons. The van der Waals surface area contributed by atoms with Crippen molar-refractivity contribution in [2.45, 2.75) is 6.54 Å². The van der Waals surface area contributed by atoms with E-state index in [9.17, 15) is 19.3 Å². The van der Waals surface area contributed by atoms with Crippen LogP contribution in [0.25, 0.3) is 0 Å². The smallest absolute Gasteiger partial charge is 0.317 e. The van der Waals surface area contributed by atoms with Gasteiger partial charge in [0.2, 0.25) is 5.82 Å². The first-order valence-corrected chi connectivity index (χ1v) is 6.32. The molecule has 0 aromatic heterocycles. The third kappa shape index (κ3) is 5.44. The fourth-order valence-corrected chi connectivity index (χ4v) is 1.82. The van der Waals surface area contributed by atoms with Gasteiger partial charge >= 0.3 is 11.7 Å². The van der Waals surface area contributed by atoms with Crippen molar-refractivity contribution in [3.05, 3.63) is 39.7 Å². The van der Waals surface area contributed by atoms with Crippen LogP contribution in [0.1, 0.15) is 5.56 Å². The quantitative estimate of drug-likeness (QED) is 0.573. The van der Waals surface area contributed by atoms with Crippen LogP contribution in [0, 0.1) is 15.9 Å². The molecule has 0 amide bonds. The molecule has 0 atom stereocenters. The van der Waals surface area contributed by atoms with Crippen molar-refractivity contribution in [1.82, 2.24) is 9.80 Å². The van der Waals surface area contributed by atoms with Crippen LogP contribution in [0.15, 0.2) is 18.2 Å². The summed E-state index contributed by atoms with van der Waals surface area (Å²) >= 11 is 0. The monoisotopic (exact) mass is 299 g/mol. The van der Waals surface area contributed by atoms with Gasteiger partial charge in [-0.1, -0.05) is 12.1 Å². The van der Waals surface area contributed by atoms with Crippen LogP contribution in [0.5, 0.6) is 0 Å². The van der Waals surface area contributed by atoms with Crippen LogP contribution in [-0.2, 0) is 11.3 Å². The maximum Gasteiger partial charge on any atom is 0.317 e. The SMILES string of the molecule is CN(C)CCN(CC(=O)O)Cc1cccc([N+](=O)[O-])c1F. The second-order valence-electron chi connectivity index (χ2n) is 4.92. The van der Waals surface area contributed by atoms with Gasteiger partial charge in [-0.2, -0.15) is 4.39 Å². The van der Waals surface area contributed by atoms with E-state index >= 15 is 0 Å². The standard InChI is InChI=1S/C13H18FN3O4/c1-15(2)6-7-16(9-12(18)19)8-10-4-3-5-11(13(10)14)17(20)21/h3-5H,6-9H2,1-2H3,(H,18,19). The van der Waals surface area contributed by atoms with Gasteiger partial charge in [-0.15, -0.1) is 0 Å². The second kappa shape index (κ2) is 7.65. The van der Waals surface area contributed by atoms with Gasteiger partial charge in [-0.25, -0.2) is 0 Å². The van der Waals surface area contributed by atoms with E-state index in [0.29, 0.717) is 13.1 Å². The van der Waals surface area contributed by atoms with E-state index < -0.39 is 22.4 Å². The highest BCUT2D eigenvalue weighted by molar-refractivity contribution is 5.69. The molecule has 0 saturated heterocycles. The molecule has 1 aromatic carbocycles. The molecule has 7 nitrogen and oxygen atoms in total. The number of hydrogen-bond donors (Lipinski definition) is 1. The predicted molar refractivity (Wildman–Crippen MR) is 74.5 cm³/mol. The van der Waals surface area contributed by atoms with E-state index in [1.807, 2.05) is 19.0 Å². The Morgan fingerprint density at radius 1 is 1.38 bits per heavy atom. The number of nitro groups is 1. The summed E-state index contributed by atoms with van der Waals surface area (Å²) < 4.78 is 14.0. The Bertz CT molecular complexity index is 522.